The molecule has 0 spiro atoms. The number of carbonyl (C=O) groups is 2. The minimum absolute atomic E-state index is 0.0647. The topological polar surface area (TPSA) is 147 Å². The Labute approximate surface area is 169 Å². The lowest BCUT2D eigenvalue weighted by atomic mass is 10.2. The molecule has 0 unspecified atom stereocenters. The molecule has 30 heavy (non-hydrogen) atoms. The maximum atomic E-state index is 12.8. The first-order valence-corrected chi connectivity index (χ1v) is 10.1. The zero-order valence-electron chi connectivity index (χ0n) is 16.5. The molecule has 2 N–H and O–H groups in total. The molecule has 14 heteroatoms. The molecule has 0 aliphatic rings. The van der Waals surface area contributed by atoms with Crippen LogP contribution in [0.3, 0.4) is 0 Å². The van der Waals surface area contributed by atoms with E-state index in [4.69, 9.17) is 0 Å². The first-order valence-electron chi connectivity index (χ1n) is 8.28. The largest absolute Gasteiger partial charge is 0.417 e. The molecule has 0 bridgehead atoms. The molecule has 0 saturated heterocycles. The summed E-state index contributed by atoms with van der Waals surface area (Å²) in [5.74, 6) is -1.98. The fraction of sp³-hybridized carbons (Fsp3) is 0.438. The molecule has 0 aromatic carbocycles. The summed E-state index contributed by atoms with van der Waals surface area (Å²) in [6.07, 6.45) is -3.95. The third kappa shape index (κ3) is 7.09. The maximum absolute atomic E-state index is 12.8. The van der Waals surface area contributed by atoms with Crippen molar-refractivity contribution in [2.45, 2.75) is 26.9 Å². The van der Waals surface area contributed by atoms with Crippen molar-refractivity contribution < 1.29 is 36.0 Å². The van der Waals surface area contributed by atoms with E-state index in [9.17, 15) is 31.2 Å². The fourth-order valence-electron chi connectivity index (χ4n) is 2.05. The highest BCUT2D eigenvalue weighted by atomic mass is 32.2. The molecule has 0 radical (unpaired) electrons. The lowest BCUT2D eigenvalue weighted by Crippen LogP contribution is -2.22. The number of sulfone groups is 1. The van der Waals surface area contributed by atoms with Crippen molar-refractivity contribution in [2.24, 2.45) is 17.9 Å². The number of nitrogens with zero attached hydrogens (tertiary/aromatic N) is 4. The first-order chi connectivity index (χ1) is 13.7. The Bertz CT molecular complexity index is 1070. The van der Waals surface area contributed by atoms with Crippen LogP contribution in [0.15, 0.2) is 17.4 Å². The lowest BCUT2D eigenvalue weighted by Gasteiger charge is -2.06. The van der Waals surface area contributed by atoms with E-state index in [0.29, 0.717) is 6.20 Å². The Balaban J connectivity index is 0.00000103. The van der Waals surface area contributed by atoms with Crippen molar-refractivity contribution in [1.29, 1.82) is 0 Å². The van der Waals surface area contributed by atoms with E-state index in [2.05, 4.69) is 25.7 Å². The second-order valence-corrected chi connectivity index (χ2v) is 8.32. The summed E-state index contributed by atoms with van der Waals surface area (Å²) < 4.78 is 63.6. The number of primary amides is 1. The van der Waals surface area contributed by atoms with E-state index in [1.54, 1.807) is 0 Å². The van der Waals surface area contributed by atoms with Crippen LogP contribution in [0.25, 0.3) is 11.2 Å². The van der Waals surface area contributed by atoms with Gasteiger partial charge in [-0.25, -0.2) is 23.2 Å². The minimum atomic E-state index is -4.60. The zero-order valence-corrected chi connectivity index (χ0v) is 17.3. The lowest BCUT2D eigenvalue weighted by molar-refractivity contribution is -0.141. The zero-order chi connectivity index (χ0) is 23.3. The predicted octanol–water partition coefficient (Wildman–Crippen LogP) is 1.18. The molecule has 0 saturated carbocycles. The molecule has 0 aliphatic heterocycles. The van der Waals surface area contributed by atoms with Gasteiger partial charge in [0.25, 0.3) is 0 Å². The third-order valence-corrected chi connectivity index (χ3v) is 4.97. The molecule has 166 valence electrons. The van der Waals surface area contributed by atoms with Gasteiger partial charge in [-0.1, -0.05) is 12.1 Å². The van der Waals surface area contributed by atoms with Crippen LogP contribution >= 0.6 is 0 Å². The number of hydrogen-bond donors (Lipinski definition) is 1. The number of pyridine rings is 1. The normalized spacial score (nSPS) is 12.3. The summed E-state index contributed by atoms with van der Waals surface area (Å²) in [6.45, 7) is 3.80. The van der Waals surface area contributed by atoms with Crippen molar-refractivity contribution in [3.05, 3.63) is 23.7 Å². The Kier molecular flexibility index (Phi) is 8.04. The highest BCUT2D eigenvalue weighted by Crippen LogP contribution is 2.30. The van der Waals surface area contributed by atoms with Gasteiger partial charge < -0.3 is 15.1 Å². The van der Waals surface area contributed by atoms with Gasteiger partial charge in [0.1, 0.15) is 11.2 Å². The summed E-state index contributed by atoms with van der Waals surface area (Å²) in [6, 6.07) is 0.795. The third-order valence-electron chi connectivity index (χ3n) is 3.38. The Morgan fingerprint density at radius 3 is 2.33 bits per heavy atom. The first kappa shape index (κ1) is 25.0. The SMILES string of the molecule is CC(N)=O.CCS(=O)(=O)C/C(=N/OC(C)=O)c1nc2cc(C(F)(F)F)cnc2n1C. The van der Waals surface area contributed by atoms with Crippen molar-refractivity contribution in [1.82, 2.24) is 14.5 Å². The molecular weight excluding hydrogens is 431 g/mol. The van der Waals surface area contributed by atoms with Crippen molar-refractivity contribution in [3.63, 3.8) is 0 Å². The highest BCUT2D eigenvalue weighted by molar-refractivity contribution is 7.92. The second-order valence-electron chi connectivity index (χ2n) is 5.97. The molecule has 2 aromatic rings. The molecule has 1 amide bonds. The van der Waals surface area contributed by atoms with Gasteiger partial charge in [0.2, 0.25) is 5.91 Å². The summed E-state index contributed by atoms with van der Waals surface area (Å²) >= 11 is 0. The van der Waals surface area contributed by atoms with E-state index in [-0.39, 0.29) is 34.4 Å². The van der Waals surface area contributed by atoms with E-state index in [0.717, 1.165) is 13.0 Å². The van der Waals surface area contributed by atoms with Gasteiger partial charge in [0, 0.05) is 32.8 Å². The van der Waals surface area contributed by atoms with E-state index in [1.807, 2.05) is 0 Å². The van der Waals surface area contributed by atoms with Crippen molar-refractivity contribution >= 4 is 38.6 Å². The number of amides is 1. The molecule has 0 atom stereocenters. The number of halogens is 3. The van der Waals surface area contributed by atoms with Crippen molar-refractivity contribution in [3.8, 4) is 0 Å². The van der Waals surface area contributed by atoms with Crippen LogP contribution in [-0.4, -0.2) is 52.0 Å². The second kappa shape index (κ2) is 9.65. The minimum Gasteiger partial charge on any atom is -0.370 e. The molecule has 2 heterocycles. The van der Waals surface area contributed by atoms with Gasteiger partial charge in [-0.15, -0.1) is 0 Å². The number of rotatable bonds is 5. The summed E-state index contributed by atoms with van der Waals surface area (Å²) in [5.41, 5.74) is 3.27. The van der Waals surface area contributed by atoms with Gasteiger partial charge in [0.15, 0.2) is 21.3 Å². The standard InChI is InChI=1S/C14H15F3N4O4S.C2H5NO/c1-4-26(23,24)7-11(20-25-8(2)22)13-19-10-5-9(14(15,16)17)6-18-12(10)21(13)3;1-2(3)4/h5-6H,4,7H2,1-3H3;1H3,(H2,3,4)/b20-11-;. The Morgan fingerprint density at radius 1 is 1.30 bits per heavy atom. The van der Waals surface area contributed by atoms with Gasteiger partial charge >= 0.3 is 12.1 Å². The molecule has 2 aromatic heterocycles. The molecule has 0 aliphatic carbocycles. The van der Waals surface area contributed by atoms with Crippen LogP contribution in [0.1, 0.15) is 32.2 Å². The summed E-state index contributed by atoms with van der Waals surface area (Å²) in [5, 5.41) is 3.51. The molecule has 2 rings (SSSR count). The quantitative estimate of drug-likeness (QED) is 0.408. The van der Waals surface area contributed by atoms with Crippen LogP contribution in [0, 0.1) is 0 Å². The van der Waals surface area contributed by atoms with Crippen LogP contribution < -0.4 is 5.73 Å². The Morgan fingerprint density at radius 2 is 1.87 bits per heavy atom. The number of carbonyl (C=O) groups excluding carboxylic acids is 2. The number of oxime groups is 1. The maximum Gasteiger partial charge on any atom is 0.417 e. The highest BCUT2D eigenvalue weighted by Gasteiger charge is 2.32. The average Bonchev–Trinajstić information content (AvgIpc) is 2.93. The number of alkyl halides is 3. The van der Waals surface area contributed by atoms with Gasteiger partial charge in [-0.05, 0) is 6.07 Å². The molecule has 0 fully saturated rings. The average molecular weight is 451 g/mol. The van der Waals surface area contributed by atoms with Crippen LogP contribution in [-0.2, 0) is 37.5 Å². The number of fused-ring (bicyclic) bond motifs is 1. The monoisotopic (exact) mass is 451 g/mol. The van der Waals surface area contributed by atoms with Gasteiger partial charge in [0.05, 0.1) is 11.3 Å². The Hall–Kier alpha value is -3.03. The van der Waals surface area contributed by atoms with Crippen LogP contribution in [0.5, 0.6) is 0 Å². The van der Waals surface area contributed by atoms with E-state index in [1.165, 1.54) is 25.5 Å². The number of hydrogen-bond acceptors (Lipinski definition) is 8. The van der Waals surface area contributed by atoms with Crippen molar-refractivity contribution in [2.75, 3.05) is 11.5 Å². The van der Waals surface area contributed by atoms with Gasteiger partial charge in [-0.2, -0.15) is 13.2 Å². The van der Waals surface area contributed by atoms with E-state index >= 15 is 0 Å². The summed E-state index contributed by atoms with van der Waals surface area (Å²) in [4.78, 5) is 32.4. The summed E-state index contributed by atoms with van der Waals surface area (Å²) in [7, 11) is -2.14. The van der Waals surface area contributed by atoms with Crippen LogP contribution in [0.4, 0.5) is 13.2 Å². The smallest absolute Gasteiger partial charge is 0.370 e. The predicted molar refractivity (Wildman–Crippen MR) is 101 cm³/mol. The molecular formula is C16H20F3N5O5S. The van der Waals surface area contributed by atoms with Crippen LogP contribution in [0.2, 0.25) is 0 Å². The number of aromatic nitrogens is 3. The molecule has 10 nitrogen and oxygen atoms in total. The number of imidazole rings is 1. The van der Waals surface area contributed by atoms with Gasteiger partial charge in [-0.3, -0.25) is 4.79 Å². The number of aryl methyl sites for hydroxylation is 1. The number of nitrogens with two attached hydrogens (primary N) is 1. The van der Waals surface area contributed by atoms with E-state index < -0.39 is 33.3 Å². The fourth-order valence-corrected chi connectivity index (χ4v) is 2.85.